The lowest BCUT2D eigenvalue weighted by Gasteiger charge is -2.23. The van der Waals surface area contributed by atoms with Crippen molar-refractivity contribution in [2.75, 3.05) is 6.61 Å². The molecule has 0 amide bonds. The first-order valence-corrected chi connectivity index (χ1v) is 8.11. The van der Waals surface area contributed by atoms with Crippen molar-refractivity contribution in [2.45, 2.75) is 25.6 Å². The third kappa shape index (κ3) is 3.19. The molecular weight excluding hydrogens is 345 g/mol. The SMILES string of the molecule is CCOC(=O)[C@@]1(C)Oc2ccccc2/C1=C/c1ccc(C(F)(F)F)cc1. The Kier molecular flexibility index (Phi) is 4.52. The van der Waals surface area contributed by atoms with Gasteiger partial charge in [-0.2, -0.15) is 13.2 Å². The van der Waals surface area contributed by atoms with Crippen LogP contribution in [0.4, 0.5) is 13.2 Å². The zero-order valence-electron chi connectivity index (χ0n) is 14.3. The highest BCUT2D eigenvalue weighted by atomic mass is 19.4. The number of hydrogen-bond donors (Lipinski definition) is 0. The van der Waals surface area contributed by atoms with Crippen LogP contribution in [-0.2, 0) is 15.7 Å². The number of carbonyl (C=O) groups is 1. The van der Waals surface area contributed by atoms with Crippen LogP contribution in [0.1, 0.15) is 30.5 Å². The highest BCUT2D eigenvalue weighted by Gasteiger charge is 2.47. The van der Waals surface area contributed by atoms with Crippen molar-refractivity contribution in [3.05, 3.63) is 65.2 Å². The van der Waals surface area contributed by atoms with Gasteiger partial charge in [-0.15, -0.1) is 0 Å². The van der Waals surface area contributed by atoms with Crippen LogP contribution in [0.15, 0.2) is 48.5 Å². The van der Waals surface area contributed by atoms with Crippen molar-refractivity contribution in [1.82, 2.24) is 0 Å². The second kappa shape index (κ2) is 6.52. The normalized spacial score (nSPS) is 20.6. The lowest BCUT2D eigenvalue weighted by Crippen LogP contribution is -2.40. The average molecular weight is 362 g/mol. The molecule has 0 unspecified atom stereocenters. The number of alkyl halides is 3. The van der Waals surface area contributed by atoms with Crippen molar-refractivity contribution in [1.29, 1.82) is 0 Å². The van der Waals surface area contributed by atoms with Gasteiger partial charge in [0.05, 0.1) is 12.2 Å². The first kappa shape index (κ1) is 18.0. The summed E-state index contributed by atoms with van der Waals surface area (Å²) in [5.74, 6) is -0.0180. The molecule has 0 aromatic heterocycles. The number of ether oxygens (including phenoxy) is 2. The van der Waals surface area contributed by atoms with Gasteiger partial charge in [0.15, 0.2) is 0 Å². The van der Waals surface area contributed by atoms with E-state index in [9.17, 15) is 18.0 Å². The van der Waals surface area contributed by atoms with Crippen molar-refractivity contribution >= 4 is 17.6 Å². The minimum Gasteiger partial charge on any atom is -0.470 e. The summed E-state index contributed by atoms with van der Waals surface area (Å²) in [7, 11) is 0. The maximum absolute atomic E-state index is 12.7. The highest BCUT2D eigenvalue weighted by Crippen LogP contribution is 2.45. The maximum Gasteiger partial charge on any atom is 0.416 e. The molecule has 0 spiro atoms. The minimum absolute atomic E-state index is 0.196. The molecule has 0 fully saturated rings. The molecule has 2 aromatic carbocycles. The van der Waals surface area contributed by atoms with Crippen LogP contribution in [0.3, 0.4) is 0 Å². The van der Waals surface area contributed by atoms with E-state index in [4.69, 9.17) is 9.47 Å². The van der Waals surface area contributed by atoms with Crippen molar-refractivity contribution in [2.24, 2.45) is 0 Å². The summed E-state index contributed by atoms with van der Waals surface area (Å²) in [6.45, 7) is 3.49. The lowest BCUT2D eigenvalue weighted by molar-refractivity contribution is -0.154. The third-order valence-electron chi connectivity index (χ3n) is 4.22. The maximum atomic E-state index is 12.7. The van der Waals surface area contributed by atoms with Crippen molar-refractivity contribution < 1.29 is 27.4 Å². The molecule has 0 bridgehead atoms. The van der Waals surface area contributed by atoms with Gasteiger partial charge in [-0.3, -0.25) is 0 Å². The van der Waals surface area contributed by atoms with E-state index in [-0.39, 0.29) is 6.61 Å². The molecule has 1 aliphatic rings. The molecule has 26 heavy (non-hydrogen) atoms. The van der Waals surface area contributed by atoms with Crippen molar-refractivity contribution in [3.63, 3.8) is 0 Å². The number of fused-ring (bicyclic) bond motifs is 1. The fraction of sp³-hybridized carbons (Fsp3) is 0.250. The Morgan fingerprint density at radius 2 is 1.81 bits per heavy atom. The zero-order chi connectivity index (χ0) is 18.9. The summed E-state index contributed by atoms with van der Waals surface area (Å²) < 4.78 is 49.2. The predicted molar refractivity (Wildman–Crippen MR) is 91.4 cm³/mol. The van der Waals surface area contributed by atoms with Crippen LogP contribution in [0.5, 0.6) is 5.75 Å². The Balaban J connectivity index is 2.06. The summed E-state index contributed by atoms with van der Waals surface area (Å²) >= 11 is 0. The lowest BCUT2D eigenvalue weighted by atomic mass is 9.90. The smallest absolute Gasteiger partial charge is 0.416 e. The second-order valence-corrected chi connectivity index (χ2v) is 6.03. The van der Waals surface area contributed by atoms with Crippen LogP contribution in [-0.4, -0.2) is 18.2 Å². The van der Waals surface area contributed by atoms with E-state index in [1.54, 1.807) is 44.2 Å². The number of para-hydroxylation sites is 1. The predicted octanol–water partition coefficient (Wildman–Crippen LogP) is 4.96. The second-order valence-electron chi connectivity index (χ2n) is 6.03. The average Bonchev–Trinajstić information content (AvgIpc) is 2.88. The first-order valence-electron chi connectivity index (χ1n) is 8.11. The Morgan fingerprint density at radius 3 is 2.42 bits per heavy atom. The van der Waals surface area contributed by atoms with Crippen LogP contribution in [0.2, 0.25) is 0 Å². The Bertz CT molecular complexity index is 853. The number of carbonyl (C=O) groups excluding carboxylic acids is 1. The Labute approximate surface area is 149 Å². The molecule has 136 valence electrons. The fourth-order valence-electron chi connectivity index (χ4n) is 2.88. The van der Waals surface area contributed by atoms with Crippen LogP contribution >= 0.6 is 0 Å². The first-order chi connectivity index (χ1) is 12.3. The van der Waals surface area contributed by atoms with Gasteiger partial charge in [-0.05, 0) is 43.7 Å². The van der Waals surface area contributed by atoms with E-state index in [0.717, 1.165) is 12.1 Å². The molecule has 3 rings (SSSR count). The highest BCUT2D eigenvalue weighted by molar-refractivity contribution is 6.04. The molecule has 1 atom stereocenters. The standard InChI is InChI=1S/C20H17F3O3/c1-3-25-18(24)19(2)16(15-6-4-5-7-17(15)26-19)12-13-8-10-14(11-9-13)20(21,22)23/h4-12H,3H2,1-2H3/b16-12-/t19-/m0/s1. The molecule has 6 heteroatoms. The molecule has 3 nitrogen and oxygen atoms in total. The summed E-state index contributed by atoms with van der Waals surface area (Å²) in [6.07, 6.45) is -2.74. The van der Waals surface area contributed by atoms with E-state index in [1.807, 2.05) is 0 Å². The fourth-order valence-corrected chi connectivity index (χ4v) is 2.88. The van der Waals surface area contributed by atoms with E-state index in [2.05, 4.69) is 0 Å². The monoisotopic (exact) mass is 362 g/mol. The molecule has 2 aromatic rings. The van der Waals surface area contributed by atoms with E-state index >= 15 is 0 Å². The summed E-state index contributed by atoms with van der Waals surface area (Å²) in [5, 5.41) is 0. The van der Waals surface area contributed by atoms with Gasteiger partial charge in [0.25, 0.3) is 0 Å². The van der Waals surface area contributed by atoms with Crippen LogP contribution in [0, 0.1) is 0 Å². The van der Waals surface area contributed by atoms with Gasteiger partial charge < -0.3 is 9.47 Å². The van der Waals surface area contributed by atoms with Gasteiger partial charge in [0, 0.05) is 11.1 Å². The molecule has 0 saturated carbocycles. The molecule has 1 heterocycles. The number of benzene rings is 2. The summed E-state index contributed by atoms with van der Waals surface area (Å²) in [6, 6.07) is 11.9. The number of hydrogen-bond acceptors (Lipinski definition) is 3. The van der Waals surface area contributed by atoms with Crippen LogP contribution in [0.25, 0.3) is 11.6 Å². The topological polar surface area (TPSA) is 35.5 Å². The number of halogens is 3. The third-order valence-corrected chi connectivity index (χ3v) is 4.22. The largest absolute Gasteiger partial charge is 0.470 e. The Hall–Kier alpha value is -2.76. The van der Waals surface area contributed by atoms with E-state index in [0.29, 0.717) is 22.4 Å². The number of esters is 1. The molecule has 0 aliphatic carbocycles. The van der Waals surface area contributed by atoms with Gasteiger partial charge in [-0.25, -0.2) is 4.79 Å². The molecule has 0 radical (unpaired) electrons. The number of rotatable bonds is 3. The van der Waals surface area contributed by atoms with Crippen LogP contribution < -0.4 is 4.74 Å². The van der Waals surface area contributed by atoms with Gasteiger partial charge in [0.1, 0.15) is 5.75 Å². The van der Waals surface area contributed by atoms with E-state index < -0.39 is 23.3 Å². The van der Waals surface area contributed by atoms with Gasteiger partial charge in [-0.1, -0.05) is 30.3 Å². The molecule has 0 N–H and O–H groups in total. The van der Waals surface area contributed by atoms with Gasteiger partial charge in [0.2, 0.25) is 5.60 Å². The minimum atomic E-state index is -4.39. The molecular formula is C20H17F3O3. The zero-order valence-corrected chi connectivity index (χ0v) is 14.3. The van der Waals surface area contributed by atoms with E-state index in [1.165, 1.54) is 12.1 Å². The summed E-state index contributed by atoms with van der Waals surface area (Å²) in [4.78, 5) is 12.5. The summed E-state index contributed by atoms with van der Waals surface area (Å²) in [5.41, 5.74) is -0.295. The quantitative estimate of drug-likeness (QED) is 0.724. The van der Waals surface area contributed by atoms with Gasteiger partial charge >= 0.3 is 12.1 Å². The molecule has 0 saturated heterocycles. The van der Waals surface area contributed by atoms with Crippen molar-refractivity contribution in [3.8, 4) is 5.75 Å². The molecule has 1 aliphatic heterocycles. The Morgan fingerprint density at radius 1 is 1.15 bits per heavy atom.